The average Bonchev–Trinajstić information content (AvgIpc) is 2.98. The number of nitrogens with zero attached hydrogens (tertiary/aromatic N) is 6. The summed E-state index contributed by atoms with van der Waals surface area (Å²) in [4.78, 5) is 11.1. The molecular weight excluding hydrogens is 288 g/mol. The van der Waals surface area contributed by atoms with E-state index in [1.165, 1.54) is 18.4 Å². The van der Waals surface area contributed by atoms with Crippen LogP contribution < -0.4 is 0 Å². The van der Waals surface area contributed by atoms with E-state index in [1.807, 2.05) is 24.0 Å². The van der Waals surface area contributed by atoms with E-state index >= 15 is 0 Å². The summed E-state index contributed by atoms with van der Waals surface area (Å²) in [6, 6.07) is 0. The summed E-state index contributed by atoms with van der Waals surface area (Å²) in [7, 11) is 0. The van der Waals surface area contributed by atoms with Gasteiger partial charge in [0.05, 0.1) is 5.69 Å². The van der Waals surface area contributed by atoms with Crippen LogP contribution in [0.5, 0.6) is 0 Å². The van der Waals surface area contributed by atoms with Crippen LogP contribution >= 0.6 is 0 Å². The van der Waals surface area contributed by atoms with Gasteiger partial charge in [-0.25, -0.2) is 9.97 Å². The lowest BCUT2D eigenvalue weighted by molar-refractivity contribution is 0.152. The molecule has 0 aliphatic carbocycles. The average molecular weight is 314 g/mol. The molecular formula is C17H26N6. The second kappa shape index (κ2) is 7.64. The number of piperidine rings is 1. The molecule has 0 N–H and O–H groups in total. The molecule has 23 heavy (non-hydrogen) atoms. The molecule has 6 heteroatoms. The molecule has 1 aliphatic heterocycles. The molecule has 0 radical (unpaired) electrons. The molecule has 3 heterocycles. The number of rotatable bonds is 6. The lowest BCUT2D eigenvalue weighted by Crippen LogP contribution is -2.36. The van der Waals surface area contributed by atoms with Gasteiger partial charge in [-0.1, -0.05) is 18.6 Å². The van der Waals surface area contributed by atoms with Crippen LogP contribution in [0.3, 0.4) is 0 Å². The fourth-order valence-electron chi connectivity index (χ4n) is 3.27. The van der Waals surface area contributed by atoms with Gasteiger partial charge in [-0.05, 0) is 38.6 Å². The molecule has 1 saturated heterocycles. The first kappa shape index (κ1) is 16.1. The maximum Gasteiger partial charge on any atom is 0.125 e. The predicted molar refractivity (Wildman–Crippen MR) is 88.8 cm³/mol. The molecule has 0 bridgehead atoms. The molecule has 0 amide bonds. The topological polar surface area (TPSA) is 59.7 Å². The van der Waals surface area contributed by atoms with Crippen LogP contribution in [-0.2, 0) is 19.5 Å². The summed E-state index contributed by atoms with van der Waals surface area (Å²) in [5.74, 6) is 1.48. The second-order valence-corrected chi connectivity index (χ2v) is 6.56. The molecule has 2 aromatic heterocycles. The molecule has 3 rings (SSSR count). The first-order valence-corrected chi connectivity index (χ1v) is 8.62. The number of hydrogen-bond acceptors (Lipinski definition) is 5. The van der Waals surface area contributed by atoms with Gasteiger partial charge in [0.15, 0.2) is 0 Å². The number of aryl methyl sites for hydroxylation is 2. The van der Waals surface area contributed by atoms with Crippen molar-refractivity contribution in [2.45, 2.75) is 52.6 Å². The van der Waals surface area contributed by atoms with Gasteiger partial charge in [-0.2, -0.15) is 0 Å². The van der Waals surface area contributed by atoms with Crippen molar-refractivity contribution in [3.63, 3.8) is 0 Å². The Balaban J connectivity index is 1.54. The van der Waals surface area contributed by atoms with E-state index in [1.54, 1.807) is 0 Å². The highest BCUT2D eigenvalue weighted by atomic mass is 15.4. The van der Waals surface area contributed by atoms with Gasteiger partial charge < -0.3 is 0 Å². The van der Waals surface area contributed by atoms with Crippen LogP contribution in [0.4, 0.5) is 0 Å². The van der Waals surface area contributed by atoms with Crippen molar-refractivity contribution in [2.75, 3.05) is 13.1 Å². The lowest BCUT2D eigenvalue weighted by atomic mass is 9.98. The van der Waals surface area contributed by atoms with Crippen molar-refractivity contribution in [1.29, 1.82) is 0 Å². The second-order valence-electron chi connectivity index (χ2n) is 6.56. The zero-order valence-electron chi connectivity index (χ0n) is 14.1. The third-order valence-corrected chi connectivity index (χ3v) is 4.38. The normalized spacial score (nSPS) is 19.1. The molecule has 0 saturated carbocycles. The van der Waals surface area contributed by atoms with Gasteiger partial charge in [0.25, 0.3) is 0 Å². The van der Waals surface area contributed by atoms with E-state index in [0.29, 0.717) is 5.92 Å². The highest BCUT2D eigenvalue weighted by Gasteiger charge is 2.21. The standard InChI is InChI=1S/C17H26N6/c1-3-5-17-13-23(21-20-17)12-15-6-4-7-22(10-15)11-16-8-18-14(2)19-9-16/h8-9,13,15H,3-7,10-12H2,1-2H3/t15-/m1/s1. The quantitative estimate of drug-likeness (QED) is 0.818. The third kappa shape index (κ3) is 4.58. The van der Waals surface area contributed by atoms with Crippen molar-refractivity contribution >= 4 is 0 Å². The molecule has 6 nitrogen and oxygen atoms in total. The minimum atomic E-state index is 0.645. The first-order valence-electron chi connectivity index (χ1n) is 8.62. The van der Waals surface area contributed by atoms with Crippen molar-refractivity contribution < 1.29 is 0 Å². The Morgan fingerprint density at radius 3 is 2.87 bits per heavy atom. The fourth-order valence-corrected chi connectivity index (χ4v) is 3.27. The smallest absolute Gasteiger partial charge is 0.125 e. The summed E-state index contributed by atoms with van der Waals surface area (Å²) in [6.45, 7) is 8.27. The summed E-state index contributed by atoms with van der Waals surface area (Å²) in [5.41, 5.74) is 2.30. The molecule has 0 unspecified atom stereocenters. The number of aromatic nitrogens is 5. The predicted octanol–water partition coefficient (Wildman–Crippen LogP) is 2.24. The largest absolute Gasteiger partial charge is 0.299 e. The Labute approximate surface area is 137 Å². The van der Waals surface area contributed by atoms with Crippen LogP contribution in [0.1, 0.15) is 43.3 Å². The van der Waals surface area contributed by atoms with Gasteiger partial charge in [-0.15, -0.1) is 5.10 Å². The monoisotopic (exact) mass is 314 g/mol. The molecule has 2 aromatic rings. The number of likely N-dealkylation sites (tertiary alicyclic amines) is 1. The zero-order valence-corrected chi connectivity index (χ0v) is 14.1. The Bertz CT molecular complexity index is 606. The van der Waals surface area contributed by atoms with E-state index in [2.05, 4.69) is 38.3 Å². The minimum Gasteiger partial charge on any atom is -0.299 e. The molecule has 1 aliphatic rings. The van der Waals surface area contributed by atoms with E-state index in [9.17, 15) is 0 Å². The molecule has 124 valence electrons. The van der Waals surface area contributed by atoms with E-state index in [-0.39, 0.29) is 0 Å². The van der Waals surface area contributed by atoms with Gasteiger partial charge in [0.2, 0.25) is 0 Å². The molecule has 0 spiro atoms. The fraction of sp³-hybridized carbons (Fsp3) is 0.647. The van der Waals surface area contributed by atoms with E-state index < -0.39 is 0 Å². The van der Waals surface area contributed by atoms with Gasteiger partial charge in [0.1, 0.15) is 5.82 Å². The minimum absolute atomic E-state index is 0.645. The zero-order chi connectivity index (χ0) is 16.1. The Morgan fingerprint density at radius 2 is 2.09 bits per heavy atom. The van der Waals surface area contributed by atoms with Crippen LogP contribution in [0.25, 0.3) is 0 Å². The highest BCUT2D eigenvalue weighted by Crippen LogP contribution is 2.19. The Morgan fingerprint density at radius 1 is 1.26 bits per heavy atom. The van der Waals surface area contributed by atoms with Crippen LogP contribution in [0.15, 0.2) is 18.6 Å². The van der Waals surface area contributed by atoms with Crippen molar-refractivity contribution in [2.24, 2.45) is 5.92 Å². The lowest BCUT2D eigenvalue weighted by Gasteiger charge is -2.32. The molecule has 1 atom stereocenters. The highest BCUT2D eigenvalue weighted by molar-refractivity contribution is 5.04. The van der Waals surface area contributed by atoms with E-state index in [4.69, 9.17) is 0 Å². The van der Waals surface area contributed by atoms with Crippen molar-refractivity contribution in [3.05, 3.63) is 35.7 Å². The maximum absolute atomic E-state index is 4.29. The van der Waals surface area contributed by atoms with Gasteiger partial charge in [0, 0.05) is 43.8 Å². The van der Waals surface area contributed by atoms with Crippen molar-refractivity contribution in [1.82, 2.24) is 29.9 Å². The van der Waals surface area contributed by atoms with Crippen molar-refractivity contribution in [3.8, 4) is 0 Å². The van der Waals surface area contributed by atoms with Crippen LogP contribution in [0, 0.1) is 12.8 Å². The third-order valence-electron chi connectivity index (χ3n) is 4.38. The Kier molecular flexibility index (Phi) is 5.33. The number of hydrogen-bond donors (Lipinski definition) is 0. The summed E-state index contributed by atoms with van der Waals surface area (Å²) in [6.07, 6.45) is 10.6. The summed E-state index contributed by atoms with van der Waals surface area (Å²) >= 11 is 0. The van der Waals surface area contributed by atoms with Gasteiger partial charge in [-0.3, -0.25) is 9.58 Å². The molecule has 0 aromatic carbocycles. The van der Waals surface area contributed by atoms with Crippen LogP contribution in [-0.4, -0.2) is 43.0 Å². The summed E-state index contributed by atoms with van der Waals surface area (Å²) in [5, 5.41) is 8.53. The summed E-state index contributed by atoms with van der Waals surface area (Å²) < 4.78 is 2.02. The SMILES string of the molecule is CCCc1cn(C[C@@H]2CCCN(Cc3cnc(C)nc3)C2)nn1. The first-order chi connectivity index (χ1) is 11.2. The maximum atomic E-state index is 4.29. The van der Waals surface area contributed by atoms with E-state index in [0.717, 1.165) is 50.5 Å². The molecule has 1 fully saturated rings. The van der Waals surface area contributed by atoms with Crippen LogP contribution in [0.2, 0.25) is 0 Å². The van der Waals surface area contributed by atoms with Gasteiger partial charge >= 0.3 is 0 Å². The Hall–Kier alpha value is -1.82.